The van der Waals surface area contributed by atoms with Gasteiger partial charge in [0, 0.05) is 5.75 Å². The number of hydrogen-bond donors (Lipinski definition) is 2. The molecule has 6 nitrogen and oxygen atoms in total. The van der Waals surface area contributed by atoms with Crippen molar-refractivity contribution in [3.8, 4) is 0 Å². The van der Waals surface area contributed by atoms with Crippen molar-refractivity contribution in [2.75, 3.05) is 11.5 Å². The second-order valence-electron chi connectivity index (χ2n) is 7.44. The minimum absolute atomic E-state index is 0.0485. The summed E-state index contributed by atoms with van der Waals surface area (Å²) in [6.07, 6.45) is 1.98. The van der Waals surface area contributed by atoms with Crippen LogP contribution < -0.4 is 5.32 Å². The molecule has 7 heteroatoms. The Balaban J connectivity index is 2.28. The smallest absolute Gasteiger partial charge is 0.408 e. The summed E-state index contributed by atoms with van der Waals surface area (Å²) >= 11 is 1.66. The van der Waals surface area contributed by atoms with Crippen LogP contribution in [0.25, 0.3) is 0 Å². The molecule has 2 N–H and O–H groups in total. The van der Waals surface area contributed by atoms with Crippen LogP contribution in [0.15, 0.2) is 0 Å². The molecule has 1 aliphatic heterocycles. The highest BCUT2D eigenvalue weighted by molar-refractivity contribution is 7.99. The number of alkyl carbamates (subject to hydrolysis) is 1. The molecule has 0 radical (unpaired) electrons. The minimum Gasteiger partial charge on any atom is -0.480 e. The number of thioether (sulfide) groups is 1. The van der Waals surface area contributed by atoms with Gasteiger partial charge in [0.05, 0.1) is 11.7 Å². The fourth-order valence-corrected chi connectivity index (χ4v) is 3.38. The quantitative estimate of drug-likeness (QED) is 0.689. The van der Waals surface area contributed by atoms with Crippen LogP contribution in [0, 0.1) is 0 Å². The fraction of sp³-hybridized carbons (Fsp3) is 0.875. The molecule has 1 aliphatic rings. The Kier molecular flexibility index (Phi) is 7.20. The van der Waals surface area contributed by atoms with Gasteiger partial charge < -0.3 is 19.9 Å². The SMILES string of the molecule is CC(C)(C)OC(=O)NC(CCSCC1CCC(C)(C)O1)C(=O)O. The number of hydrogen-bond acceptors (Lipinski definition) is 5. The molecule has 1 saturated heterocycles. The maximum atomic E-state index is 11.7. The summed E-state index contributed by atoms with van der Waals surface area (Å²) in [6.45, 7) is 9.38. The number of ether oxygens (including phenoxy) is 2. The number of aliphatic carboxylic acids is 1. The van der Waals surface area contributed by atoms with Gasteiger partial charge in [-0.05, 0) is 59.6 Å². The van der Waals surface area contributed by atoms with E-state index in [2.05, 4.69) is 19.2 Å². The number of nitrogens with one attached hydrogen (secondary N) is 1. The molecule has 2 atom stereocenters. The first kappa shape index (κ1) is 20.1. The minimum atomic E-state index is -1.05. The Morgan fingerprint density at radius 2 is 2.09 bits per heavy atom. The number of carboxylic acid groups (broad SMARTS) is 1. The van der Waals surface area contributed by atoms with Crippen LogP contribution in [0.3, 0.4) is 0 Å². The monoisotopic (exact) mass is 347 g/mol. The lowest BCUT2D eigenvalue weighted by Gasteiger charge is -2.22. The predicted octanol–water partition coefficient (Wildman–Crippen LogP) is 3.05. The van der Waals surface area contributed by atoms with Crippen LogP contribution in [-0.4, -0.2) is 52.0 Å². The molecule has 1 amide bonds. The van der Waals surface area contributed by atoms with Crippen LogP contribution in [0.5, 0.6) is 0 Å². The zero-order valence-corrected chi connectivity index (χ0v) is 15.5. The van der Waals surface area contributed by atoms with Gasteiger partial charge in [0.15, 0.2) is 0 Å². The zero-order chi connectivity index (χ0) is 17.7. The molecule has 2 unspecified atom stereocenters. The molecule has 0 aromatic carbocycles. The van der Waals surface area contributed by atoms with E-state index in [9.17, 15) is 14.7 Å². The van der Waals surface area contributed by atoms with E-state index in [1.54, 1.807) is 32.5 Å². The lowest BCUT2D eigenvalue weighted by atomic mass is 10.1. The molecule has 1 heterocycles. The van der Waals surface area contributed by atoms with Gasteiger partial charge in [-0.2, -0.15) is 11.8 Å². The summed E-state index contributed by atoms with van der Waals surface area (Å²) in [5, 5.41) is 11.6. The topological polar surface area (TPSA) is 84.9 Å². The molecule has 134 valence electrons. The number of carbonyl (C=O) groups excluding carboxylic acids is 1. The standard InChI is InChI=1S/C16H29NO5S/c1-15(2,3)22-14(20)17-12(13(18)19)7-9-23-10-11-6-8-16(4,5)21-11/h11-12H,6-10H2,1-5H3,(H,17,20)(H,18,19). The first-order valence-electron chi connectivity index (χ1n) is 7.96. The highest BCUT2D eigenvalue weighted by Crippen LogP contribution is 2.31. The Bertz CT molecular complexity index is 419. The number of amides is 1. The largest absolute Gasteiger partial charge is 0.480 e. The lowest BCUT2D eigenvalue weighted by molar-refractivity contribution is -0.139. The van der Waals surface area contributed by atoms with E-state index in [-0.39, 0.29) is 11.7 Å². The molecule has 0 saturated carbocycles. The maximum Gasteiger partial charge on any atom is 0.408 e. The van der Waals surface area contributed by atoms with Crippen LogP contribution in [0.1, 0.15) is 53.9 Å². The normalized spacial score (nSPS) is 21.7. The molecule has 0 spiro atoms. The molecular weight excluding hydrogens is 318 g/mol. The highest BCUT2D eigenvalue weighted by atomic mass is 32.2. The van der Waals surface area contributed by atoms with Crippen LogP contribution >= 0.6 is 11.8 Å². The summed E-state index contributed by atoms with van der Waals surface area (Å²) in [5.41, 5.74) is -0.693. The molecule has 0 aromatic heterocycles. The van der Waals surface area contributed by atoms with Crippen molar-refractivity contribution in [3.05, 3.63) is 0 Å². The summed E-state index contributed by atoms with van der Waals surface area (Å²) in [4.78, 5) is 22.9. The second-order valence-corrected chi connectivity index (χ2v) is 8.59. The van der Waals surface area contributed by atoms with Gasteiger partial charge in [-0.15, -0.1) is 0 Å². The molecule has 23 heavy (non-hydrogen) atoms. The average molecular weight is 347 g/mol. The van der Waals surface area contributed by atoms with Gasteiger partial charge >= 0.3 is 12.1 Å². The predicted molar refractivity (Wildman–Crippen MR) is 90.9 cm³/mol. The third-order valence-electron chi connectivity index (χ3n) is 3.40. The van der Waals surface area contributed by atoms with Crippen LogP contribution in [-0.2, 0) is 14.3 Å². The van der Waals surface area contributed by atoms with E-state index in [1.807, 2.05) is 0 Å². The summed E-state index contributed by atoms with van der Waals surface area (Å²) in [7, 11) is 0. The van der Waals surface area contributed by atoms with Gasteiger partial charge in [-0.1, -0.05) is 0 Å². The van der Waals surface area contributed by atoms with E-state index >= 15 is 0 Å². The third kappa shape index (κ3) is 8.46. The van der Waals surface area contributed by atoms with E-state index in [1.165, 1.54) is 0 Å². The molecular formula is C16H29NO5S. The van der Waals surface area contributed by atoms with Crippen molar-refractivity contribution < 1.29 is 24.2 Å². The van der Waals surface area contributed by atoms with Gasteiger partial charge in [0.2, 0.25) is 0 Å². The molecule has 1 rings (SSSR count). The lowest BCUT2D eigenvalue weighted by Crippen LogP contribution is -2.43. The van der Waals surface area contributed by atoms with E-state index < -0.39 is 23.7 Å². The Morgan fingerprint density at radius 1 is 1.43 bits per heavy atom. The summed E-state index contributed by atoms with van der Waals surface area (Å²) in [5.74, 6) is 0.449. The van der Waals surface area contributed by atoms with E-state index in [0.29, 0.717) is 12.2 Å². The molecule has 0 aromatic rings. The Labute approximate surface area is 142 Å². The van der Waals surface area contributed by atoms with Crippen LogP contribution in [0.4, 0.5) is 4.79 Å². The van der Waals surface area contributed by atoms with Crippen molar-refractivity contribution in [1.29, 1.82) is 0 Å². The van der Waals surface area contributed by atoms with Crippen LogP contribution in [0.2, 0.25) is 0 Å². The van der Waals surface area contributed by atoms with Gasteiger partial charge in [-0.3, -0.25) is 0 Å². The van der Waals surface area contributed by atoms with Crippen molar-refractivity contribution >= 4 is 23.8 Å². The zero-order valence-electron chi connectivity index (χ0n) is 14.7. The first-order chi connectivity index (χ1) is 10.5. The molecule has 0 aliphatic carbocycles. The van der Waals surface area contributed by atoms with Crippen molar-refractivity contribution in [2.24, 2.45) is 0 Å². The summed E-state index contributed by atoms with van der Waals surface area (Å²) in [6, 6.07) is -0.932. The van der Waals surface area contributed by atoms with E-state index in [4.69, 9.17) is 9.47 Å². The fourth-order valence-electron chi connectivity index (χ4n) is 2.32. The number of carboxylic acids is 1. The highest BCUT2D eigenvalue weighted by Gasteiger charge is 2.31. The van der Waals surface area contributed by atoms with Gasteiger partial charge in [0.25, 0.3) is 0 Å². The maximum absolute atomic E-state index is 11.7. The van der Waals surface area contributed by atoms with Crippen molar-refractivity contribution in [1.82, 2.24) is 5.32 Å². The third-order valence-corrected chi connectivity index (χ3v) is 4.53. The van der Waals surface area contributed by atoms with Gasteiger partial charge in [-0.25, -0.2) is 9.59 Å². The van der Waals surface area contributed by atoms with Crippen molar-refractivity contribution in [3.63, 3.8) is 0 Å². The Morgan fingerprint density at radius 3 is 2.57 bits per heavy atom. The Hall–Kier alpha value is -0.950. The second kappa shape index (κ2) is 8.24. The van der Waals surface area contributed by atoms with E-state index in [0.717, 1.165) is 18.6 Å². The van der Waals surface area contributed by atoms with Gasteiger partial charge in [0.1, 0.15) is 11.6 Å². The molecule has 1 fully saturated rings. The average Bonchev–Trinajstić information content (AvgIpc) is 2.70. The van der Waals surface area contributed by atoms with Crippen molar-refractivity contribution in [2.45, 2.75) is 77.2 Å². The first-order valence-corrected chi connectivity index (χ1v) is 9.12. The molecule has 0 bridgehead atoms. The summed E-state index contributed by atoms with van der Waals surface area (Å²) < 4.78 is 11.0. The number of rotatable bonds is 7. The number of carbonyl (C=O) groups is 2.